The molecule has 1 aliphatic carbocycles. The fourth-order valence-electron chi connectivity index (χ4n) is 6.73. The summed E-state index contributed by atoms with van der Waals surface area (Å²) < 4.78 is 39.1. The van der Waals surface area contributed by atoms with E-state index in [9.17, 15) is 44.6 Å². The van der Waals surface area contributed by atoms with Gasteiger partial charge in [0.05, 0.1) is 18.8 Å². The van der Waals surface area contributed by atoms with E-state index in [2.05, 4.69) is 117 Å². The zero-order valence-corrected chi connectivity index (χ0v) is 41.2. The molecule has 0 aromatic carbocycles. The van der Waals surface area contributed by atoms with E-state index in [4.69, 9.17) is 23.3 Å². The molecular formula is C53H81O14P. The zero-order chi connectivity index (χ0) is 49.7. The number of carbonyl (C=O) groups is 2. The quantitative estimate of drug-likeness (QED) is 0.0112. The number of aliphatic hydroxyl groups is 5. The second-order valence-corrected chi connectivity index (χ2v) is 18.0. The molecule has 15 heteroatoms. The van der Waals surface area contributed by atoms with E-state index in [0.29, 0.717) is 31.5 Å². The summed E-state index contributed by atoms with van der Waals surface area (Å²) >= 11 is 0. The molecule has 10 atom stereocenters. The van der Waals surface area contributed by atoms with E-state index < -0.39 is 75.7 Å². The molecule has 2 aliphatic rings. The van der Waals surface area contributed by atoms with Crippen molar-refractivity contribution in [1.82, 2.24) is 0 Å². The van der Waals surface area contributed by atoms with Crippen molar-refractivity contribution in [1.29, 1.82) is 0 Å². The summed E-state index contributed by atoms with van der Waals surface area (Å²) in [6.07, 6.45) is 42.9. The van der Waals surface area contributed by atoms with Crippen molar-refractivity contribution >= 4 is 19.8 Å². The molecule has 0 spiro atoms. The van der Waals surface area contributed by atoms with E-state index in [1.807, 2.05) is 18.2 Å². The largest absolute Gasteiger partial charge is 0.472 e. The third-order valence-electron chi connectivity index (χ3n) is 10.7. The van der Waals surface area contributed by atoms with E-state index in [-0.39, 0.29) is 12.8 Å². The van der Waals surface area contributed by atoms with Crippen LogP contribution >= 0.6 is 7.82 Å². The van der Waals surface area contributed by atoms with Gasteiger partial charge in [-0.25, -0.2) is 4.57 Å². The number of phosphoric acid groups is 1. The van der Waals surface area contributed by atoms with Crippen LogP contribution in [-0.4, -0.2) is 111 Å². The number of phosphoric ester groups is 1. The fraction of sp³-hybridized carbons (Fsp3) is 0.585. The molecule has 68 heavy (non-hydrogen) atoms. The predicted octanol–water partition coefficient (Wildman–Crippen LogP) is 9.15. The Morgan fingerprint density at radius 2 is 0.941 bits per heavy atom. The van der Waals surface area contributed by atoms with E-state index in [0.717, 1.165) is 83.5 Å². The summed E-state index contributed by atoms with van der Waals surface area (Å²) in [5.41, 5.74) is 0. The van der Waals surface area contributed by atoms with Gasteiger partial charge < -0.3 is 44.6 Å². The molecule has 6 N–H and O–H groups in total. The summed E-state index contributed by atoms with van der Waals surface area (Å²) in [5, 5.41) is 50.2. The Hall–Kier alpha value is -3.79. The Morgan fingerprint density at radius 1 is 0.515 bits per heavy atom. The Balaban J connectivity index is 1.74. The molecule has 2 fully saturated rings. The van der Waals surface area contributed by atoms with Crippen LogP contribution in [-0.2, 0) is 37.4 Å². The molecule has 1 heterocycles. The number of rotatable bonds is 37. The van der Waals surface area contributed by atoms with Crippen LogP contribution in [0, 0.1) is 0 Å². The minimum absolute atomic E-state index is 0.0475. The van der Waals surface area contributed by atoms with Crippen LogP contribution in [0.1, 0.15) is 129 Å². The Kier molecular flexibility index (Phi) is 33.7. The number of allylic oxidation sites excluding steroid dienone is 18. The van der Waals surface area contributed by atoms with Gasteiger partial charge in [-0.05, 0) is 96.3 Å². The molecule has 1 saturated heterocycles. The van der Waals surface area contributed by atoms with Crippen molar-refractivity contribution in [2.24, 2.45) is 0 Å². The van der Waals surface area contributed by atoms with Gasteiger partial charge in [0.25, 0.3) is 0 Å². The maximum Gasteiger partial charge on any atom is 0.472 e. The first-order valence-electron chi connectivity index (χ1n) is 24.5. The van der Waals surface area contributed by atoms with Gasteiger partial charge in [-0.1, -0.05) is 142 Å². The van der Waals surface area contributed by atoms with Gasteiger partial charge in [-0.15, -0.1) is 0 Å². The summed E-state index contributed by atoms with van der Waals surface area (Å²) in [6, 6.07) is 0. The Labute approximate surface area is 405 Å². The zero-order valence-electron chi connectivity index (χ0n) is 40.3. The van der Waals surface area contributed by atoms with Crippen LogP contribution in [0.5, 0.6) is 0 Å². The molecular weight excluding hydrogens is 892 g/mol. The molecule has 0 amide bonds. The van der Waals surface area contributed by atoms with Crippen LogP contribution in [0.3, 0.4) is 0 Å². The van der Waals surface area contributed by atoms with Crippen LogP contribution < -0.4 is 0 Å². The summed E-state index contributed by atoms with van der Waals surface area (Å²) in [4.78, 5) is 35.8. The fourth-order valence-corrected chi connectivity index (χ4v) is 7.70. The molecule has 1 aliphatic heterocycles. The van der Waals surface area contributed by atoms with Crippen molar-refractivity contribution in [2.45, 2.75) is 184 Å². The molecule has 0 aromatic rings. The smallest absolute Gasteiger partial charge is 0.462 e. The van der Waals surface area contributed by atoms with Gasteiger partial charge in [0, 0.05) is 12.8 Å². The molecule has 382 valence electrons. The standard InChI is InChI=1S/C53H81O14P/c1-3-5-7-8-9-10-11-12-13-14-15-16-17-18-22-25-28-31-35-39-46(54)63-41-43(42-64-68(61,62)67-53-51(59)49(57)48(56)50(58)52(53)60)65-47(55)40-36-32-29-26-23-20-19-21-24-27-30-34-38-45-44(66-45)37-33-6-4-2/h5-7,9-10,12-13,15-16,18,20-24,29-30,32-34,43-45,48-53,56-60H,3-4,8,11,14,17,19,25-28,31,35-42H2,1-2H3,(H,61,62)/b7-5-,10-9-,13-12-,16-15-,22-18-,23-20-,24-21-,32-29-,33-6-,34-30-/t43-,44?,45?,48?,49-,50+,51-,52-,53?/m1/s1. The number of hydrogen-bond acceptors (Lipinski definition) is 13. The number of carbonyl (C=O) groups excluding carboxylic acids is 2. The summed E-state index contributed by atoms with van der Waals surface area (Å²) in [6.45, 7) is 2.96. The van der Waals surface area contributed by atoms with Crippen molar-refractivity contribution in [3.05, 3.63) is 122 Å². The average molecular weight is 973 g/mol. The molecule has 14 nitrogen and oxygen atoms in total. The lowest BCUT2D eigenvalue weighted by Crippen LogP contribution is -2.64. The van der Waals surface area contributed by atoms with Crippen molar-refractivity contribution in [3.8, 4) is 0 Å². The van der Waals surface area contributed by atoms with Gasteiger partial charge >= 0.3 is 19.8 Å². The van der Waals surface area contributed by atoms with Crippen molar-refractivity contribution in [3.63, 3.8) is 0 Å². The van der Waals surface area contributed by atoms with Crippen LogP contribution in [0.4, 0.5) is 0 Å². The number of unbranched alkanes of at least 4 members (excludes halogenated alkanes) is 3. The lowest BCUT2D eigenvalue weighted by atomic mass is 9.85. The van der Waals surface area contributed by atoms with E-state index in [1.54, 1.807) is 0 Å². The second kappa shape index (κ2) is 38.0. The van der Waals surface area contributed by atoms with E-state index >= 15 is 0 Å². The predicted molar refractivity (Wildman–Crippen MR) is 266 cm³/mol. The first-order chi connectivity index (χ1) is 32.9. The van der Waals surface area contributed by atoms with Gasteiger partial charge in [0.15, 0.2) is 6.10 Å². The number of esters is 2. The lowest BCUT2D eigenvalue weighted by Gasteiger charge is -2.41. The molecule has 0 radical (unpaired) electrons. The molecule has 5 unspecified atom stereocenters. The van der Waals surface area contributed by atoms with Gasteiger partial charge in [-0.3, -0.25) is 18.6 Å². The highest BCUT2D eigenvalue weighted by Gasteiger charge is 2.51. The topological polar surface area (TPSA) is 222 Å². The highest BCUT2D eigenvalue weighted by molar-refractivity contribution is 7.47. The monoisotopic (exact) mass is 973 g/mol. The molecule has 2 rings (SSSR count). The number of epoxide rings is 1. The number of hydrogen-bond donors (Lipinski definition) is 6. The van der Waals surface area contributed by atoms with Crippen LogP contribution in [0.15, 0.2) is 122 Å². The lowest BCUT2D eigenvalue weighted by molar-refractivity contribution is -0.220. The summed E-state index contributed by atoms with van der Waals surface area (Å²) in [7, 11) is -5.16. The highest BCUT2D eigenvalue weighted by atomic mass is 31.2. The van der Waals surface area contributed by atoms with Gasteiger partial charge in [0.2, 0.25) is 0 Å². The third-order valence-corrected chi connectivity index (χ3v) is 11.7. The van der Waals surface area contributed by atoms with E-state index in [1.165, 1.54) is 0 Å². The normalized spacial score (nSPS) is 25.1. The Morgan fingerprint density at radius 3 is 1.46 bits per heavy atom. The van der Waals surface area contributed by atoms with Gasteiger partial charge in [0.1, 0.15) is 43.2 Å². The maximum atomic E-state index is 12.8. The second-order valence-electron chi connectivity index (χ2n) is 16.6. The minimum atomic E-state index is -5.16. The van der Waals surface area contributed by atoms with Crippen molar-refractivity contribution < 1.29 is 67.8 Å². The van der Waals surface area contributed by atoms with Crippen LogP contribution in [0.2, 0.25) is 0 Å². The highest BCUT2D eigenvalue weighted by Crippen LogP contribution is 2.47. The molecule has 0 aromatic heterocycles. The molecule has 0 bridgehead atoms. The average Bonchev–Trinajstić information content (AvgIpc) is 4.08. The van der Waals surface area contributed by atoms with Crippen molar-refractivity contribution in [2.75, 3.05) is 13.2 Å². The first-order valence-corrected chi connectivity index (χ1v) is 26.0. The first kappa shape index (κ1) is 60.3. The summed E-state index contributed by atoms with van der Waals surface area (Å²) in [5.74, 6) is -1.25. The van der Waals surface area contributed by atoms with Gasteiger partial charge in [-0.2, -0.15) is 0 Å². The maximum absolute atomic E-state index is 12.8. The number of aliphatic hydroxyl groups excluding tert-OH is 5. The molecule has 1 saturated carbocycles. The number of ether oxygens (including phenoxy) is 3. The minimum Gasteiger partial charge on any atom is -0.462 e. The third kappa shape index (κ3) is 29.3. The van der Waals surface area contributed by atoms with Crippen LogP contribution in [0.25, 0.3) is 0 Å². The SMILES string of the molecule is CC/C=C\C/C=C\C/C=C\C/C=C\C/C=C\CCCCCC(=O)OC[C@H](COP(=O)(O)OC1[C@H](O)[C@H](O)C(O)[C@H](O)[C@H]1O)OC(=O)CC/C=C\C/C=C\C/C=C\C/C=C\CC1OC1C/C=C\CC. The Bertz CT molecular complexity index is 1710.